The van der Waals surface area contributed by atoms with E-state index in [-0.39, 0.29) is 5.75 Å². The van der Waals surface area contributed by atoms with E-state index < -0.39 is 0 Å². The number of phenols is 1. The first kappa shape index (κ1) is 12.8. The van der Waals surface area contributed by atoms with E-state index in [0.29, 0.717) is 17.3 Å². The number of rotatable bonds is 3. The molecular formula is C16H13NO2S. The molecule has 0 bridgehead atoms. The highest BCUT2D eigenvalue weighted by atomic mass is 32.1. The largest absolute Gasteiger partial charge is 0.507 e. The zero-order valence-corrected chi connectivity index (χ0v) is 11.5. The Morgan fingerprint density at radius 3 is 2.75 bits per heavy atom. The van der Waals surface area contributed by atoms with Gasteiger partial charge in [-0.3, -0.25) is 0 Å². The number of hydrogen-bond acceptors (Lipinski definition) is 4. The fourth-order valence-electron chi connectivity index (χ4n) is 1.97. The monoisotopic (exact) mass is 283 g/mol. The van der Waals surface area contributed by atoms with Crippen LogP contribution in [0.25, 0.3) is 10.9 Å². The Labute approximate surface area is 122 Å². The number of hydrogen-bond donors (Lipinski definition) is 2. The van der Waals surface area contributed by atoms with Gasteiger partial charge in [-0.1, -0.05) is 30.3 Å². The molecular weight excluding hydrogens is 270 g/mol. The third kappa shape index (κ3) is 2.56. The fraction of sp³-hybridized carbons (Fsp3) is 0.0625. The molecule has 0 unspecified atom stereocenters. The summed E-state index contributed by atoms with van der Waals surface area (Å²) in [6.07, 6.45) is 0. The number of nitrogens with zero attached hydrogens (tertiary/aromatic N) is 1. The van der Waals surface area contributed by atoms with Gasteiger partial charge >= 0.3 is 0 Å². The summed E-state index contributed by atoms with van der Waals surface area (Å²) in [7, 11) is 0. The molecule has 0 aliphatic heterocycles. The molecule has 3 rings (SSSR count). The van der Waals surface area contributed by atoms with Crippen molar-refractivity contribution in [3.05, 3.63) is 60.3 Å². The highest BCUT2D eigenvalue weighted by Crippen LogP contribution is 2.31. The average molecular weight is 283 g/mol. The molecule has 0 atom stereocenters. The van der Waals surface area contributed by atoms with Crippen LogP contribution in [0, 0.1) is 0 Å². The van der Waals surface area contributed by atoms with E-state index in [1.54, 1.807) is 18.2 Å². The molecule has 3 nitrogen and oxygen atoms in total. The summed E-state index contributed by atoms with van der Waals surface area (Å²) >= 11 is 4.22. The summed E-state index contributed by atoms with van der Waals surface area (Å²) < 4.78 is 5.65. The predicted octanol–water partition coefficient (Wildman–Crippen LogP) is 3.81. The first-order valence-electron chi connectivity index (χ1n) is 6.22. The van der Waals surface area contributed by atoms with Crippen LogP contribution in [0.4, 0.5) is 0 Å². The molecule has 0 amide bonds. The molecule has 2 aromatic carbocycles. The van der Waals surface area contributed by atoms with Crippen LogP contribution >= 0.6 is 12.6 Å². The Hall–Kier alpha value is -2.20. The van der Waals surface area contributed by atoms with Crippen LogP contribution in [-0.4, -0.2) is 10.1 Å². The van der Waals surface area contributed by atoms with Gasteiger partial charge in [0.15, 0.2) is 0 Å². The molecule has 1 heterocycles. The second-order valence-corrected chi connectivity index (χ2v) is 4.86. The van der Waals surface area contributed by atoms with Crippen molar-refractivity contribution in [3.8, 4) is 11.5 Å². The number of benzene rings is 2. The van der Waals surface area contributed by atoms with Crippen molar-refractivity contribution in [2.24, 2.45) is 0 Å². The Bertz CT molecular complexity index is 758. The van der Waals surface area contributed by atoms with Gasteiger partial charge in [0.05, 0.1) is 16.1 Å². The van der Waals surface area contributed by atoms with Crippen LogP contribution in [0.15, 0.2) is 59.5 Å². The minimum Gasteiger partial charge on any atom is -0.507 e. The molecule has 0 fully saturated rings. The van der Waals surface area contributed by atoms with Crippen molar-refractivity contribution in [1.82, 2.24) is 4.98 Å². The van der Waals surface area contributed by atoms with Crippen molar-refractivity contribution >= 4 is 23.5 Å². The van der Waals surface area contributed by atoms with E-state index in [2.05, 4.69) is 17.6 Å². The van der Waals surface area contributed by atoms with Crippen molar-refractivity contribution in [1.29, 1.82) is 0 Å². The van der Waals surface area contributed by atoms with Crippen LogP contribution in [0.3, 0.4) is 0 Å². The number of aromatic nitrogens is 1. The van der Waals surface area contributed by atoms with Gasteiger partial charge in [-0.15, -0.1) is 12.6 Å². The Morgan fingerprint density at radius 1 is 1.00 bits per heavy atom. The molecule has 0 aliphatic rings. The number of aromatic hydroxyl groups is 1. The standard InChI is InChI=1S/C16H13NO2S/c18-14-6-3-7-15(16(14)20)19-10-12-9-8-11-4-1-2-5-13(11)17-12/h1-9,18,20H,10H2. The summed E-state index contributed by atoms with van der Waals surface area (Å²) in [6.45, 7) is 0.335. The van der Waals surface area contributed by atoms with Gasteiger partial charge < -0.3 is 9.84 Å². The summed E-state index contributed by atoms with van der Waals surface area (Å²) in [5.41, 5.74) is 1.77. The van der Waals surface area contributed by atoms with Crippen molar-refractivity contribution < 1.29 is 9.84 Å². The number of ether oxygens (including phenoxy) is 1. The SMILES string of the molecule is Oc1cccc(OCc2ccc3ccccc3n2)c1S. The fourth-order valence-corrected chi connectivity index (χ4v) is 2.18. The molecule has 0 radical (unpaired) electrons. The summed E-state index contributed by atoms with van der Waals surface area (Å²) in [6, 6.07) is 16.9. The van der Waals surface area contributed by atoms with E-state index in [9.17, 15) is 5.11 Å². The molecule has 20 heavy (non-hydrogen) atoms. The second kappa shape index (κ2) is 5.43. The molecule has 4 heteroatoms. The number of thiol groups is 1. The third-order valence-electron chi connectivity index (χ3n) is 3.01. The van der Waals surface area contributed by atoms with Gasteiger partial charge in [0.25, 0.3) is 0 Å². The van der Waals surface area contributed by atoms with Gasteiger partial charge in [-0.2, -0.15) is 0 Å². The lowest BCUT2D eigenvalue weighted by atomic mass is 10.2. The van der Waals surface area contributed by atoms with Crippen molar-refractivity contribution in [2.45, 2.75) is 11.5 Å². The van der Waals surface area contributed by atoms with E-state index in [1.165, 1.54) is 0 Å². The summed E-state index contributed by atoms with van der Waals surface area (Å²) in [5, 5.41) is 10.7. The highest BCUT2D eigenvalue weighted by Gasteiger charge is 2.05. The van der Waals surface area contributed by atoms with Gasteiger partial charge in [-0.25, -0.2) is 4.98 Å². The van der Waals surface area contributed by atoms with Crippen molar-refractivity contribution in [2.75, 3.05) is 0 Å². The minimum absolute atomic E-state index is 0.109. The first-order valence-corrected chi connectivity index (χ1v) is 6.67. The Morgan fingerprint density at radius 2 is 1.85 bits per heavy atom. The molecule has 0 saturated heterocycles. The maximum Gasteiger partial charge on any atom is 0.136 e. The van der Waals surface area contributed by atoms with E-state index >= 15 is 0 Å². The summed E-state index contributed by atoms with van der Waals surface area (Å²) in [4.78, 5) is 4.97. The lowest BCUT2D eigenvalue weighted by molar-refractivity contribution is 0.291. The smallest absolute Gasteiger partial charge is 0.136 e. The molecule has 100 valence electrons. The number of phenolic OH excluding ortho intramolecular Hbond substituents is 1. The molecule has 0 spiro atoms. The third-order valence-corrected chi connectivity index (χ3v) is 3.46. The molecule has 1 aromatic heterocycles. The lowest BCUT2D eigenvalue weighted by Crippen LogP contribution is -1.99. The van der Waals surface area contributed by atoms with Crippen LogP contribution in [0.1, 0.15) is 5.69 Å². The highest BCUT2D eigenvalue weighted by molar-refractivity contribution is 7.80. The first-order chi connectivity index (χ1) is 9.74. The molecule has 3 aromatic rings. The number of pyridine rings is 1. The maximum atomic E-state index is 9.57. The molecule has 0 saturated carbocycles. The quantitative estimate of drug-likeness (QED) is 0.718. The topological polar surface area (TPSA) is 42.4 Å². The van der Waals surface area contributed by atoms with Gasteiger partial charge in [0, 0.05) is 5.39 Å². The Balaban J connectivity index is 1.81. The molecule has 1 N–H and O–H groups in total. The summed E-state index contributed by atoms with van der Waals surface area (Å²) in [5.74, 6) is 0.653. The maximum absolute atomic E-state index is 9.57. The zero-order valence-electron chi connectivity index (χ0n) is 10.7. The number of para-hydroxylation sites is 1. The van der Waals surface area contributed by atoms with Crippen LogP contribution < -0.4 is 4.74 Å². The van der Waals surface area contributed by atoms with E-state index in [0.717, 1.165) is 16.6 Å². The van der Waals surface area contributed by atoms with E-state index in [4.69, 9.17) is 4.74 Å². The molecule has 0 aliphatic carbocycles. The van der Waals surface area contributed by atoms with Crippen LogP contribution in [-0.2, 0) is 6.61 Å². The van der Waals surface area contributed by atoms with Crippen molar-refractivity contribution in [3.63, 3.8) is 0 Å². The van der Waals surface area contributed by atoms with E-state index in [1.807, 2.05) is 36.4 Å². The van der Waals surface area contributed by atoms with Gasteiger partial charge in [-0.05, 0) is 24.3 Å². The van der Waals surface area contributed by atoms with Crippen LogP contribution in [0.2, 0.25) is 0 Å². The van der Waals surface area contributed by atoms with Gasteiger partial charge in [0.2, 0.25) is 0 Å². The normalized spacial score (nSPS) is 10.7. The van der Waals surface area contributed by atoms with Crippen LogP contribution in [0.5, 0.6) is 11.5 Å². The second-order valence-electron chi connectivity index (χ2n) is 4.41. The predicted molar refractivity (Wildman–Crippen MR) is 81.4 cm³/mol. The zero-order chi connectivity index (χ0) is 13.9. The lowest BCUT2D eigenvalue weighted by Gasteiger charge is -2.09. The average Bonchev–Trinajstić information content (AvgIpc) is 2.48. The Kier molecular flexibility index (Phi) is 3.48. The van der Waals surface area contributed by atoms with Gasteiger partial charge in [0.1, 0.15) is 18.1 Å². The number of fused-ring (bicyclic) bond motifs is 1. The minimum atomic E-state index is 0.109.